The van der Waals surface area contributed by atoms with Crippen LogP contribution in [0.1, 0.15) is 44.2 Å². The number of hydrogen-bond acceptors (Lipinski definition) is 6. The fourth-order valence-electron chi connectivity index (χ4n) is 3.38. The van der Waals surface area contributed by atoms with Crippen LogP contribution in [0.25, 0.3) is 11.0 Å². The van der Waals surface area contributed by atoms with Gasteiger partial charge in [-0.15, -0.1) is 23.1 Å². The lowest BCUT2D eigenvalue weighted by Gasteiger charge is -2.08. The van der Waals surface area contributed by atoms with E-state index in [2.05, 4.69) is 37.7 Å². The Labute approximate surface area is 194 Å². The minimum Gasteiger partial charge on any atom is -0.329 e. The number of nitrogens with zero attached hydrogens (tertiary/aromatic N) is 3. The van der Waals surface area contributed by atoms with Crippen molar-refractivity contribution < 1.29 is 9.59 Å². The number of rotatable bonds is 6. The zero-order valence-electron chi connectivity index (χ0n) is 18.0. The normalized spacial score (nSPS) is 11.0. The molecular weight excluding hydrogens is 442 g/mol. The molecule has 0 saturated carbocycles. The standard InChI is InChI=1S/C23H23N5O2S2/c1-4-28-14(2)24-20-11-17(7-10-21(20)28)23(30)27-26-22(29)16-5-8-19(9-6-16)32-13-18-12-31-15(3)25-18/h5-12H,4,13H2,1-3H3,(H,26,29)(H,27,30). The average Bonchev–Trinajstić information content (AvgIpc) is 3.36. The van der Waals surface area contributed by atoms with Crippen LogP contribution in [0.3, 0.4) is 0 Å². The summed E-state index contributed by atoms with van der Waals surface area (Å²) in [4.78, 5) is 34.9. The molecule has 0 atom stereocenters. The third-order valence-electron chi connectivity index (χ3n) is 4.98. The molecule has 2 aromatic heterocycles. The van der Waals surface area contributed by atoms with Gasteiger partial charge in [-0.2, -0.15) is 0 Å². The first-order valence-electron chi connectivity index (χ1n) is 10.2. The summed E-state index contributed by atoms with van der Waals surface area (Å²) in [5.41, 5.74) is 8.63. The molecule has 2 aromatic carbocycles. The number of fused-ring (bicyclic) bond motifs is 1. The Morgan fingerprint density at radius 2 is 1.69 bits per heavy atom. The second kappa shape index (κ2) is 9.54. The predicted octanol–water partition coefficient (Wildman–Crippen LogP) is 4.50. The van der Waals surface area contributed by atoms with Gasteiger partial charge >= 0.3 is 0 Å². The number of hydrazine groups is 1. The molecule has 0 aliphatic carbocycles. The number of hydrogen-bond donors (Lipinski definition) is 2. The van der Waals surface area contributed by atoms with Gasteiger partial charge in [0.15, 0.2) is 0 Å². The van der Waals surface area contributed by atoms with E-state index >= 15 is 0 Å². The van der Waals surface area contributed by atoms with Crippen molar-refractivity contribution in [1.29, 1.82) is 0 Å². The average molecular weight is 466 g/mol. The Bertz CT molecular complexity index is 1280. The van der Waals surface area contributed by atoms with Crippen LogP contribution in [-0.4, -0.2) is 26.3 Å². The highest BCUT2D eigenvalue weighted by Gasteiger charge is 2.12. The van der Waals surface area contributed by atoms with Crippen LogP contribution in [0.15, 0.2) is 52.7 Å². The van der Waals surface area contributed by atoms with Gasteiger partial charge in [0.1, 0.15) is 5.82 Å². The number of aryl methyl sites for hydroxylation is 3. The maximum absolute atomic E-state index is 12.5. The van der Waals surface area contributed by atoms with Crippen LogP contribution in [0.4, 0.5) is 0 Å². The molecule has 32 heavy (non-hydrogen) atoms. The first kappa shape index (κ1) is 22.0. The molecule has 0 saturated heterocycles. The van der Waals surface area contributed by atoms with Crippen LogP contribution in [0.2, 0.25) is 0 Å². The van der Waals surface area contributed by atoms with E-state index in [-0.39, 0.29) is 5.91 Å². The topological polar surface area (TPSA) is 88.9 Å². The number of carbonyl (C=O) groups is 2. The zero-order chi connectivity index (χ0) is 22.7. The summed E-state index contributed by atoms with van der Waals surface area (Å²) >= 11 is 3.30. The van der Waals surface area contributed by atoms with Gasteiger partial charge in [0.2, 0.25) is 0 Å². The number of nitrogens with one attached hydrogen (secondary N) is 2. The third-order valence-corrected chi connectivity index (χ3v) is 6.84. The molecular formula is C23H23N5O2S2. The van der Waals surface area contributed by atoms with Gasteiger partial charge in [-0.1, -0.05) is 0 Å². The molecule has 4 rings (SSSR count). The van der Waals surface area contributed by atoms with Gasteiger partial charge in [0.05, 0.1) is 21.7 Å². The summed E-state index contributed by atoms with van der Waals surface area (Å²) in [6.07, 6.45) is 0. The summed E-state index contributed by atoms with van der Waals surface area (Å²) in [5.74, 6) is 0.912. The summed E-state index contributed by atoms with van der Waals surface area (Å²) in [6.45, 7) is 6.79. The second-order valence-corrected chi connectivity index (χ2v) is 9.30. The van der Waals surface area contributed by atoms with Crippen molar-refractivity contribution in [3.05, 3.63) is 75.5 Å². The van der Waals surface area contributed by atoms with Crippen LogP contribution >= 0.6 is 23.1 Å². The van der Waals surface area contributed by atoms with Crippen LogP contribution < -0.4 is 10.9 Å². The fraction of sp³-hybridized carbons (Fsp3) is 0.217. The first-order chi connectivity index (χ1) is 15.4. The lowest BCUT2D eigenvalue weighted by atomic mass is 10.2. The van der Waals surface area contributed by atoms with E-state index in [1.54, 1.807) is 47.4 Å². The minimum atomic E-state index is -0.394. The van der Waals surface area contributed by atoms with Crippen molar-refractivity contribution in [3.63, 3.8) is 0 Å². The van der Waals surface area contributed by atoms with E-state index in [1.165, 1.54) is 0 Å². The Balaban J connectivity index is 1.33. The predicted molar refractivity (Wildman–Crippen MR) is 128 cm³/mol. The molecule has 0 radical (unpaired) electrons. The van der Waals surface area contributed by atoms with E-state index in [9.17, 15) is 9.59 Å². The highest BCUT2D eigenvalue weighted by Crippen LogP contribution is 2.24. The van der Waals surface area contributed by atoms with Crippen LogP contribution in [0, 0.1) is 13.8 Å². The van der Waals surface area contributed by atoms with Gasteiger partial charge in [-0.3, -0.25) is 20.4 Å². The number of imidazole rings is 1. The van der Waals surface area contributed by atoms with Crippen molar-refractivity contribution in [2.45, 2.75) is 38.0 Å². The molecule has 164 valence electrons. The van der Waals surface area contributed by atoms with Crippen molar-refractivity contribution in [3.8, 4) is 0 Å². The molecule has 2 N–H and O–H groups in total. The van der Waals surface area contributed by atoms with E-state index in [0.717, 1.165) is 44.8 Å². The number of aromatic nitrogens is 3. The summed E-state index contributed by atoms with van der Waals surface area (Å²) in [6, 6.07) is 12.6. The molecule has 0 bridgehead atoms. The highest BCUT2D eigenvalue weighted by molar-refractivity contribution is 7.98. The van der Waals surface area contributed by atoms with Crippen LogP contribution in [-0.2, 0) is 12.3 Å². The van der Waals surface area contributed by atoms with Gasteiger partial charge in [-0.25, -0.2) is 9.97 Å². The highest BCUT2D eigenvalue weighted by atomic mass is 32.2. The largest absolute Gasteiger partial charge is 0.329 e. The molecule has 0 unspecified atom stereocenters. The third kappa shape index (κ3) is 4.84. The number of benzene rings is 2. The van der Waals surface area contributed by atoms with Gasteiger partial charge in [-0.05, 0) is 63.2 Å². The summed E-state index contributed by atoms with van der Waals surface area (Å²) < 4.78 is 2.08. The monoisotopic (exact) mass is 465 g/mol. The molecule has 9 heteroatoms. The Hall–Kier alpha value is -3.17. The molecule has 7 nitrogen and oxygen atoms in total. The van der Waals surface area contributed by atoms with E-state index in [4.69, 9.17) is 0 Å². The second-order valence-electron chi connectivity index (χ2n) is 7.19. The maximum atomic E-state index is 12.5. The van der Waals surface area contributed by atoms with E-state index < -0.39 is 5.91 Å². The lowest BCUT2D eigenvalue weighted by molar-refractivity contribution is 0.0846. The van der Waals surface area contributed by atoms with Crippen molar-refractivity contribution in [2.24, 2.45) is 0 Å². The van der Waals surface area contributed by atoms with Crippen molar-refractivity contribution >= 4 is 45.9 Å². The van der Waals surface area contributed by atoms with Gasteiger partial charge < -0.3 is 4.57 Å². The molecule has 4 aromatic rings. The SMILES string of the molecule is CCn1c(C)nc2cc(C(=O)NNC(=O)c3ccc(SCc4csc(C)n4)cc3)ccc21. The van der Waals surface area contributed by atoms with E-state index in [1.807, 2.05) is 32.0 Å². The number of amides is 2. The molecule has 0 aliphatic heterocycles. The van der Waals surface area contributed by atoms with Crippen LogP contribution in [0.5, 0.6) is 0 Å². The Kier molecular flexibility index (Phi) is 6.57. The zero-order valence-corrected chi connectivity index (χ0v) is 19.6. The maximum Gasteiger partial charge on any atom is 0.269 e. The van der Waals surface area contributed by atoms with Crippen molar-refractivity contribution in [1.82, 2.24) is 25.4 Å². The number of thiazole rings is 1. The fourth-order valence-corrected chi connectivity index (χ4v) is 4.89. The molecule has 0 aliphatic rings. The van der Waals surface area contributed by atoms with E-state index in [0.29, 0.717) is 11.1 Å². The Morgan fingerprint density at radius 1 is 1.00 bits per heavy atom. The first-order valence-corrected chi connectivity index (χ1v) is 12.0. The number of carbonyl (C=O) groups excluding carboxylic acids is 2. The minimum absolute atomic E-state index is 0.378. The molecule has 0 fully saturated rings. The smallest absolute Gasteiger partial charge is 0.269 e. The van der Waals surface area contributed by atoms with Gasteiger partial charge in [0.25, 0.3) is 11.8 Å². The molecule has 2 amide bonds. The summed E-state index contributed by atoms with van der Waals surface area (Å²) in [5, 5.41) is 3.11. The molecule has 2 heterocycles. The van der Waals surface area contributed by atoms with Crippen molar-refractivity contribution in [2.75, 3.05) is 0 Å². The summed E-state index contributed by atoms with van der Waals surface area (Å²) in [7, 11) is 0. The lowest BCUT2D eigenvalue weighted by Crippen LogP contribution is -2.41. The quantitative estimate of drug-likeness (QED) is 0.323. The van der Waals surface area contributed by atoms with Gasteiger partial charge in [0, 0.05) is 33.7 Å². The molecule has 0 spiro atoms. The number of thioether (sulfide) groups is 1. The Morgan fingerprint density at radius 3 is 2.34 bits per heavy atom.